The molecule has 1 N–H and O–H groups in total. The van der Waals surface area contributed by atoms with Crippen molar-refractivity contribution < 1.29 is 22.7 Å². The number of ether oxygens (including phenoxy) is 2. The number of carbonyl (C=O) groups is 1. The fourth-order valence-corrected chi connectivity index (χ4v) is 5.09. The van der Waals surface area contributed by atoms with E-state index in [2.05, 4.69) is 11.9 Å². The van der Waals surface area contributed by atoms with Crippen molar-refractivity contribution in [1.29, 1.82) is 0 Å². The van der Waals surface area contributed by atoms with Gasteiger partial charge in [0, 0.05) is 24.9 Å². The van der Waals surface area contributed by atoms with E-state index in [4.69, 9.17) is 9.47 Å². The van der Waals surface area contributed by atoms with Crippen molar-refractivity contribution in [3.63, 3.8) is 0 Å². The Hall–Kier alpha value is -3.10. The number of nitrogens with one attached hydrogen (secondary N) is 1. The van der Waals surface area contributed by atoms with Crippen LogP contribution in [0.4, 0.5) is 5.69 Å². The van der Waals surface area contributed by atoms with Gasteiger partial charge in [0.1, 0.15) is 23.0 Å². The summed E-state index contributed by atoms with van der Waals surface area (Å²) in [5.41, 5.74) is 1.21. The molecule has 2 aromatic rings. The molecule has 1 saturated heterocycles. The van der Waals surface area contributed by atoms with E-state index in [-0.39, 0.29) is 16.6 Å². The minimum Gasteiger partial charge on any atom is -0.495 e. The highest BCUT2D eigenvalue weighted by Crippen LogP contribution is 2.31. The summed E-state index contributed by atoms with van der Waals surface area (Å²) in [4.78, 5) is 12.4. The van der Waals surface area contributed by atoms with E-state index in [0.29, 0.717) is 31.1 Å². The summed E-state index contributed by atoms with van der Waals surface area (Å²) >= 11 is 0. The molecule has 0 bridgehead atoms. The van der Waals surface area contributed by atoms with E-state index in [1.807, 2.05) is 24.3 Å². The highest BCUT2D eigenvalue weighted by atomic mass is 32.2. The molecule has 0 radical (unpaired) electrons. The lowest BCUT2D eigenvalue weighted by atomic mass is 10.2. The van der Waals surface area contributed by atoms with Crippen molar-refractivity contribution in [1.82, 2.24) is 4.31 Å². The molecule has 1 amide bonds. The molecule has 0 saturated carbocycles. The van der Waals surface area contributed by atoms with Crippen LogP contribution in [0.15, 0.2) is 66.1 Å². The van der Waals surface area contributed by atoms with Gasteiger partial charge >= 0.3 is 0 Å². The van der Waals surface area contributed by atoms with Crippen molar-refractivity contribution in [2.24, 2.45) is 0 Å². The number of sulfonamides is 1. The zero-order chi connectivity index (χ0) is 23.0. The molecule has 1 aliphatic rings. The van der Waals surface area contributed by atoms with E-state index in [0.717, 1.165) is 24.8 Å². The number of hydrogen-bond acceptors (Lipinski definition) is 5. The summed E-state index contributed by atoms with van der Waals surface area (Å²) in [6.45, 7) is 5.01. The van der Waals surface area contributed by atoms with Crippen LogP contribution in [-0.2, 0) is 14.8 Å². The fourth-order valence-electron chi connectivity index (χ4n) is 3.39. The molecule has 0 spiro atoms. The van der Waals surface area contributed by atoms with Gasteiger partial charge in [0.05, 0.1) is 7.11 Å². The van der Waals surface area contributed by atoms with Crippen LogP contribution in [0, 0.1) is 0 Å². The van der Waals surface area contributed by atoms with E-state index in [9.17, 15) is 13.2 Å². The molecule has 0 unspecified atom stereocenters. The lowest BCUT2D eigenvalue weighted by molar-refractivity contribution is -0.111. The van der Waals surface area contributed by atoms with E-state index < -0.39 is 10.0 Å². The van der Waals surface area contributed by atoms with Crippen LogP contribution < -0.4 is 14.8 Å². The fraction of sp³-hybridized carbons (Fsp3) is 0.292. The van der Waals surface area contributed by atoms with Gasteiger partial charge in [-0.3, -0.25) is 4.79 Å². The summed E-state index contributed by atoms with van der Waals surface area (Å²) in [7, 11) is -2.28. The minimum atomic E-state index is -3.71. The number of benzene rings is 2. The number of anilines is 1. The third-order valence-corrected chi connectivity index (χ3v) is 6.96. The molecular formula is C24H28N2O5S. The molecule has 0 aliphatic carbocycles. The zero-order valence-corrected chi connectivity index (χ0v) is 18.9. The average molecular weight is 457 g/mol. The predicted octanol–water partition coefficient (Wildman–Crippen LogP) is 4.09. The maximum absolute atomic E-state index is 13.1. The van der Waals surface area contributed by atoms with Crippen molar-refractivity contribution in [3.8, 4) is 11.5 Å². The Labute approximate surface area is 189 Å². The highest BCUT2D eigenvalue weighted by Gasteiger charge is 2.29. The molecule has 1 fully saturated rings. The van der Waals surface area contributed by atoms with Crippen LogP contribution in [0.2, 0.25) is 0 Å². The van der Waals surface area contributed by atoms with Gasteiger partial charge in [0.15, 0.2) is 0 Å². The molecule has 1 aliphatic heterocycles. The molecule has 0 atom stereocenters. The predicted molar refractivity (Wildman–Crippen MR) is 125 cm³/mol. The number of methoxy groups -OCH3 is 1. The van der Waals surface area contributed by atoms with Crippen LogP contribution >= 0.6 is 0 Å². The van der Waals surface area contributed by atoms with Gasteiger partial charge in [0.2, 0.25) is 15.9 Å². The van der Waals surface area contributed by atoms with Crippen molar-refractivity contribution in [3.05, 3.63) is 66.8 Å². The van der Waals surface area contributed by atoms with Crippen LogP contribution in [0.1, 0.15) is 24.8 Å². The zero-order valence-electron chi connectivity index (χ0n) is 18.1. The molecule has 1 heterocycles. The molecule has 2 aromatic carbocycles. The summed E-state index contributed by atoms with van der Waals surface area (Å²) in [6.07, 6.45) is 7.43. The maximum atomic E-state index is 13.1. The minimum absolute atomic E-state index is 0.0544. The van der Waals surface area contributed by atoms with Gasteiger partial charge in [-0.05, 0) is 54.8 Å². The maximum Gasteiger partial charge on any atom is 0.248 e. The van der Waals surface area contributed by atoms with Gasteiger partial charge in [-0.2, -0.15) is 4.31 Å². The summed E-state index contributed by atoms with van der Waals surface area (Å²) in [5.74, 6) is 0.596. The Balaban J connectivity index is 1.71. The highest BCUT2D eigenvalue weighted by molar-refractivity contribution is 7.89. The average Bonchev–Trinajstić information content (AvgIpc) is 2.82. The normalized spacial score (nSPS) is 14.8. The van der Waals surface area contributed by atoms with Crippen molar-refractivity contribution >= 4 is 27.7 Å². The smallest absolute Gasteiger partial charge is 0.248 e. The van der Waals surface area contributed by atoms with Crippen molar-refractivity contribution in [2.75, 3.05) is 32.1 Å². The Bertz CT molecular complexity index is 1070. The summed E-state index contributed by atoms with van der Waals surface area (Å²) in [5, 5.41) is 2.72. The first-order valence-electron chi connectivity index (χ1n) is 10.4. The quantitative estimate of drug-likeness (QED) is 0.454. The molecule has 8 heteroatoms. The third-order valence-electron chi connectivity index (χ3n) is 5.04. The second-order valence-corrected chi connectivity index (χ2v) is 9.23. The molecule has 3 rings (SSSR count). The number of nitrogens with zero attached hydrogens (tertiary/aromatic N) is 1. The van der Waals surface area contributed by atoms with Crippen LogP contribution in [0.3, 0.4) is 0 Å². The second kappa shape index (κ2) is 11.0. The molecule has 0 aromatic heterocycles. The number of rotatable bonds is 9. The van der Waals surface area contributed by atoms with Gasteiger partial charge in [-0.25, -0.2) is 8.42 Å². The number of hydrogen-bond donors (Lipinski definition) is 1. The second-order valence-electron chi connectivity index (χ2n) is 7.32. The Morgan fingerprint density at radius 1 is 1.12 bits per heavy atom. The lowest BCUT2D eigenvalue weighted by Crippen LogP contribution is -2.35. The third kappa shape index (κ3) is 5.99. The number of carbonyl (C=O) groups excluding carboxylic acids is 1. The van der Waals surface area contributed by atoms with Crippen LogP contribution in [-0.4, -0.2) is 45.4 Å². The van der Waals surface area contributed by atoms with Crippen molar-refractivity contribution in [2.45, 2.75) is 24.2 Å². The van der Waals surface area contributed by atoms with Gasteiger partial charge in [0.25, 0.3) is 0 Å². The number of piperidine rings is 1. The Morgan fingerprint density at radius 3 is 2.50 bits per heavy atom. The first kappa shape index (κ1) is 23.6. The van der Waals surface area contributed by atoms with E-state index in [1.165, 1.54) is 23.6 Å². The largest absolute Gasteiger partial charge is 0.495 e. The molecule has 7 nitrogen and oxygen atoms in total. The van der Waals surface area contributed by atoms with Gasteiger partial charge < -0.3 is 14.8 Å². The van der Waals surface area contributed by atoms with Crippen LogP contribution in [0.25, 0.3) is 6.08 Å². The molecule has 32 heavy (non-hydrogen) atoms. The lowest BCUT2D eigenvalue weighted by Gasteiger charge is -2.26. The molecule has 170 valence electrons. The van der Waals surface area contributed by atoms with Gasteiger partial charge in [-0.15, -0.1) is 0 Å². The molecular weight excluding hydrogens is 428 g/mol. The SMILES string of the molecule is C=CCOc1ccc(C=CC(=O)Nc2ccc(OC)c(S(=O)(=O)N3CCCCC3)c2)cc1. The topological polar surface area (TPSA) is 84.9 Å². The Kier molecular flexibility index (Phi) is 8.08. The summed E-state index contributed by atoms with van der Waals surface area (Å²) in [6, 6.07) is 11.9. The van der Waals surface area contributed by atoms with Crippen LogP contribution in [0.5, 0.6) is 11.5 Å². The Morgan fingerprint density at radius 2 is 1.84 bits per heavy atom. The first-order chi connectivity index (χ1) is 15.4. The first-order valence-corrected chi connectivity index (χ1v) is 11.9. The summed E-state index contributed by atoms with van der Waals surface area (Å²) < 4.78 is 38.4. The standard InChI is InChI=1S/C24H28N2O5S/c1-3-17-31-21-11-7-19(8-12-21)9-14-24(27)25-20-10-13-22(30-2)23(18-20)32(28,29)26-15-5-4-6-16-26/h3,7-14,18H,1,4-6,15-17H2,2H3,(H,25,27). The van der Waals surface area contributed by atoms with E-state index in [1.54, 1.807) is 24.3 Å². The van der Waals surface area contributed by atoms with E-state index >= 15 is 0 Å². The number of amides is 1. The monoisotopic (exact) mass is 456 g/mol. The van der Waals surface area contributed by atoms with Gasteiger partial charge in [-0.1, -0.05) is 31.2 Å².